The van der Waals surface area contributed by atoms with Crippen LogP contribution in [0.25, 0.3) is 0 Å². The Kier molecular flexibility index (Phi) is 3.77. The lowest BCUT2D eigenvalue weighted by atomic mass is 10.3. The van der Waals surface area contributed by atoms with Crippen LogP contribution in [0.2, 0.25) is 0 Å². The van der Waals surface area contributed by atoms with Crippen LogP contribution in [0.3, 0.4) is 0 Å². The molecule has 2 amide bonds. The van der Waals surface area contributed by atoms with Gasteiger partial charge in [-0.05, 0) is 6.07 Å². The van der Waals surface area contributed by atoms with Crippen molar-refractivity contribution in [3.63, 3.8) is 0 Å². The van der Waals surface area contributed by atoms with E-state index in [0.29, 0.717) is 5.69 Å². The topological polar surface area (TPSA) is 71.2 Å². The molecule has 0 saturated carbocycles. The van der Waals surface area contributed by atoms with Crippen molar-refractivity contribution in [1.82, 2.24) is 10.3 Å². The number of anilines is 2. The summed E-state index contributed by atoms with van der Waals surface area (Å²) in [4.78, 5) is 16.1. The SMILES string of the molecule is CN(C(=O)NCC(F)(F)F)c1ccncc1N. The van der Waals surface area contributed by atoms with Gasteiger partial charge in [0.25, 0.3) is 0 Å². The average Bonchev–Trinajstić information content (AvgIpc) is 2.24. The largest absolute Gasteiger partial charge is 0.405 e. The molecular formula is C9H11F3N4O. The quantitative estimate of drug-likeness (QED) is 0.830. The first kappa shape index (κ1) is 13.1. The number of nitrogens with two attached hydrogens (primary N) is 1. The van der Waals surface area contributed by atoms with E-state index in [0.717, 1.165) is 4.90 Å². The lowest BCUT2D eigenvalue weighted by molar-refractivity contribution is -0.122. The van der Waals surface area contributed by atoms with Gasteiger partial charge in [-0.15, -0.1) is 0 Å². The van der Waals surface area contributed by atoms with Gasteiger partial charge >= 0.3 is 12.2 Å². The Morgan fingerprint density at radius 1 is 1.59 bits per heavy atom. The van der Waals surface area contributed by atoms with E-state index in [1.54, 1.807) is 5.32 Å². The van der Waals surface area contributed by atoms with Crippen molar-refractivity contribution in [2.45, 2.75) is 6.18 Å². The van der Waals surface area contributed by atoms with Crippen molar-refractivity contribution in [1.29, 1.82) is 0 Å². The van der Waals surface area contributed by atoms with Crippen LogP contribution in [0, 0.1) is 0 Å². The standard InChI is InChI=1S/C9H11F3N4O/c1-16(7-2-3-14-4-6(7)13)8(17)15-5-9(10,11)12/h2-4H,5,13H2,1H3,(H,15,17). The summed E-state index contributed by atoms with van der Waals surface area (Å²) in [5.74, 6) is 0. The number of hydrogen-bond donors (Lipinski definition) is 2. The molecule has 0 aromatic carbocycles. The van der Waals surface area contributed by atoms with Gasteiger partial charge in [-0.2, -0.15) is 13.2 Å². The fourth-order valence-corrected chi connectivity index (χ4v) is 1.11. The number of pyridine rings is 1. The van der Waals surface area contributed by atoms with Gasteiger partial charge in [-0.3, -0.25) is 9.88 Å². The van der Waals surface area contributed by atoms with Gasteiger partial charge in [-0.25, -0.2) is 4.79 Å². The second-order valence-corrected chi connectivity index (χ2v) is 3.27. The van der Waals surface area contributed by atoms with E-state index in [4.69, 9.17) is 5.73 Å². The van der Waals surface area contributed by atoms with Crippen molar-refractivity contribution in [2.24, 2.45) is 0 Å². The molecule has 0 aliphatic rings. The summed E-state index contributed by atoms with van der Waals surface area (Å²) in [5, 5.41) is 1.73. The summed E-state index contributed by atoms with van der Waals surface area (Å²) in [7, 11) is 1.32. The Morgan fingerprint density at radius 3 is 2.76 bits per heavy atom. The third-order valence-corrected chi connectivity index (χ3v) is 1.93. The number of hydrogen-bond acceptors (Lipinski definition) is 3. The minimum Gasteiger partial charge on any atom is -0.396 e. The number of amides is 2. The normalized spacial score (nSPS) is 11.1. The van der Waals surface area contributed by atoms with E-state index >= 15 is 0 Å². The van der Waals surface area contributed by atoms with E-state index in [-0.39, 0.29) is 5.69 Å². The average molecular weight is 248 g/mol. The van der Waals surface area contributed by atoms with Crippen molar-refractivity contribution in [3.8, 4) is 0 Å². The van der Waals surface area contributed by atoms with Crippen molar-refractivity contribution >= 4 is 17.4 Å². The zero-order valence-corrected chi connectivity index (χ0v) is 8.95. The molecule has 1 aromatic heterocycles. The second-order valence-electron chi connectivity index (χ2n) is 3.27. The summed E-state index contributed by atoms with van der Waals surface area (Å²) in [5.41, 5.74) is 6.03. The number of carbonyl (C=O) groups is 1. The van der Waals surface area contributed by atoms with Crippen LogP contribution >= 0.6 is 0 Å². The lowest BCUT2D eigenvalue weighted by Crippen LogP contribution is -2.42. The lowest BCUT2D eigenvalue weighted by Gasteiger charge is -2.19. The predicted molar refractivity (Wildman–Crippen MR) is 56.5 cm³/mol. The zero-order chi connectivity index (χ0) is 13.1. The number of halogens is 3. The molecule has 0 bridgehead atoms. The van der Waals surface area contributed by atoms with E-state index < -0.39 is 18.8 Å². The number of nitrogen functional groups attached to an aromatic ring is 1. The van der Waals surface area contributed by atoms with Crippen molar-refractivity contribution in [3.05, 3.63) is 18.5 Å². The van der Waals surface area contributed by atoms with Crippen LogP contribution in [-0.4, -0.2) is 30.8 Å². The van der Waals surface area contributed by atoms with E-state index in [2.05, 4.69) is 4.98 Å². The molecule has 0 radical (unpaired) electrons. The third-order valence-electron chi connectivity index (χ3n) is 1.93. The maximum Gasteiger partial charge on any atom is 0.405 e. The predicted octanol–water partition coefficient (Wildman–Crippen LogP) is 1.37. The Hall–Kier alpha value is -1.99. The van der Waals surface area contributed by atoms with E-state index in [1.165, 1.54) is 25.5 Å². The highest BCUT2D eigenvalue weighted by Crippen LogP contribution is 2.20. The molecule has 94 valence electrons. The van der Waals surface area contributed by atoms with E-state index in [9.17, 15) is 18.0 Å². The first-order valence-electron chi connectivity index (χ1n) is 4.59. The first-order valence-corrected chi connectivity index (χ1v) is 4.59. The number of rotatable bonds is 2. The highest BCUT2D eigenvalue weighted by Gasteiger charge is 2.28. The summed E-state index contributed by atoms with van der Waals surface area (Å²) >= 11 is 0. The number of alkyl halides is 3. The van der Waals surface area contributed by atoms with Gasteiger partial charge in [0.05, 0.1) is 17.6 Å². The number of nitrogens with zero attached hydrogens (tertiary/aromatic N) is 2. The minimum absolute atomic E-state index is 0.206. The van der Waals surface area contributed by atoms with Gasteiger partial charge in [0.15, 0.2) is 0 Å². The molecule has 0 aliphatic heterocycles. The summed E-state index contributed by atoms with van der Waals surface area (Å²) in [6.45, 7) is -1.39. The summed E-state index contributed by atoms with van der Waals surface area (Å²) in [6, 6.07) is 0.544. The molecule has 0 atom stereocenters. The van der Waals surface area contributed by atoms with Gasteiger partial charge < -0.3 is 11.1 Å². The molecule has 1 heterocycles. The number of carbonyl (C=O) groups excluding carboxylic acids is 1. The molecule has 0 aliphatic carbocycles. The number of aromatic nitrogens is 1. The molecule has 0 saturated heterocycles. The van der Waals surface area contributed by atoms with Crippen molar-refractivity contribution < 1.29 is 18.0 Å². The first-order chi connectivity index (χ1) is 7.81. The number of nitrogens with one attached hydrogen (secondary N) is 1. The van der Waals surface area contributed by atoms with E-state index in [1.807, 2.05) is 0 Å². The highest BCUT2D eigenvalue weighted by molar-refractivity contribution is 5.94. The van der Waals surface area contributed by atoms with Gasteiger partial charge in [-0.1, -0.05) is 0 Å². The van der Waals surface area contributed by atoms with Crippen LogP contribution in [0.1, 0.15) is 0 Å². The van der Waals surface area contributed by atoms with Crippen LogP contribution in [0.15, 0.2) is 18.5 Å². The zero-order valence-electron chi connectivity index (χ0n) is 8.95. The summed E-state index contributed by atoms with van der Waals surface area (Å²) in [6.07, 6.45) is -1.75. The molecule has 3 N–H and O–H groups in total. The molecule has 17 heavy (non-hydrogen) atoms. The van der Waals surface area contributed by atoms with Crippen LogP contribution < -0.4 is 16.0 Å². The Balaban J connectivity index is 2.68. The molecular weight excluding hydrogens is 237 g/mol. The molecule has 1 rings (SSSR count). The molecule has 0 unspecified atom stereocenters. The smallest absolute Gasteiger partial charge is 0.396 e. The third kappa shape index (κ3) is 3.82. The molecule has 5 nitrogen and oxygen atoms in total. The van der Waals surface area contributed by atoms with Gasteiger partial charge in [0.2, 0.25) is 0 Å². The second kappa shape index (κ2) is 4.89. The summed E-state index contributed by atoms with van der Waals surface area (Å²) < 4.78 is 35.7. The maximum absolute atomic E-state index is 11.9. The molecule has 8 heteroatoms. The monoisotopic (exact) mass is 248 g/mol. The molecule has 1 aromatic rings. The Bertz CT molecular complexity index is 407. The van der Waals surface area contributed by atoms with Crippen LogP contribution in [-0.2, 0) is 0 Å². The van der Waals surface area contributed by atoms with Gasteiger partial charge in [0.1, 0.15) is 6.54 Å². The van der Waals surface area contributed by atoms with Crippen LogP contribution in [0.5, 0.6) is 0 Å². The fourth-order valence-electron chi connectivity index (χ4n) is 1.11. The van der Waals surface area contributed by atoms with Crippen molar-refractivity contribution in [2.75, 3.05) is 24.2 Å². The molecule has 0 fully saturated rings. The highest BCUT2D eigenvalue weighted by atomic mass is 19.4. The Morgan fingerprint density at radius 2 is 2.24 bits per heavy atom. The fraction of sp³-hybridized carbons (Fsp3) is 0.333. The molecule has 0 spiro atoms. The van der Waals surface area contributed by atoms with Gasteiger partial charge in [0, 0.05) is 13.2 Å². The maximum atomic E-state index is 11.9. The number of urea groups is 1. The Labute approximate surface area is 95.4 Å². The minimum atomic E-state index is -4.44. The van der Waals surface area contributed by atoms with Crippen LogP contribution in [0.4, 0.5) is 29.3 Å².